The molecule has 0 atom stereocenters. The van der Waals surface area contributed by atoms with Crippen molar-refractivity contribution in [2.24, 2.45) is 0 Å². The minimum Gasteiger partial charge on any atom is -1.00 e. The third-order valence-corrected chi connectivity index (χ3v) is 4.47. The van der Waals surface area contributed by atoms with Gasteiger partial charge in [0.15, 0.2) is 0 Å². The van der Waals surface area contributed by atoms with Crippen LogP contribution < -0.4 is 17.0 Å². The maximum atomic E-state index is 12.5. The third-order valence-electron chi connectivity index (χ3n) is 2.78. The van der Waals surface area contributed by atoms with Crippen LogP contribution in [0, 0.1) is 6.07 Å². The largest absolute Gasteiger partial charge is 2.00 e. The summed E-state index contributed by atoms with van der Waals surface area (Å²) in [6.45, 7) is 0. The molecule has 3 aromatic rings. The van der Waals surface area contributed by atoms with Crippen LogP contribution in [0.25, 0.3) is 10.9 Å². The number of hydrogen-bond donors (Lipinski definition) is 0. The van der Waals surface area contributed by atoms with Crippen molar-refractivity contribution >= 4 is 44.0 Å². The van der Waals surface area contributed by atoms with Gasteiger partial charge in [0.05, 0.1) is 4.90 Å². The second kappa shape index (κ2) is 6.75. The van der Waals surface area contributed by atoms with Gasteiger partial charge in [0.25, 0.3) is 10.0 Å². The molecule has 1 heterocycles. The Balaban J connectivity index is 0.000001000. The van der Waals surface area contributed by atoms with Crippen molar-refractivity contribution in [3.05, 3.63) is 66.9 Å². The van der Waals surface area contributed by atoms with Gasteiger partial charge in [-0.1, -0.05) is 36.5 Å². The van der Waals surface area contributed by atoms with Crippen LogP contribution in [0.1, 0.15) is 0 Å². The van der Waals surface area contributed by atoms with E-state index in [-0.39, 0.29) is 44.9 Å². The fourth-order valence-corrected chi connectivity index (χ4v) is 3.23. The molecule has 0 saturated heterocycles. The van der Waals surface area contributed by atoms with E-state index in [4.69, 9.17) is 0 Å². The Hall–Kier alpha value is -0.824. The quantitative estimate of drug-likeness (QED) is 0.448. The molecule has 1 aromatic heterocycles. The van der Waals surface area contributed by atoms with Gasteiger partial charge in [-0.25, -0.2) is 8.42 Å². The predicted octanol–water partition coefficient (Wildman–Crippen LogP) is -0.698. The number of halogens is 1. The molecular formula is C14H10BrMgNO2S. The van der Waals surface area contributed by atoms with Gasteiger partial charge >= 0.3 is 23.1 Å². The van der Waals surface area contributed by atoms with Gasteiger partial charge in [-0.05, 0) is 17.6 Å². The van der Waals surface area contributed by atoms with Crippen molar-refractivity contribution < 1.29 is 25.4 Å². The van der Waals surface area contributed by atoms with Crippen molar-refractivity contribution in [3.8, 4) is 0 Å². The Morgan fingerprint density at radius 2 is 1.50 bits per heavy atom. The smallest absolute Gasteiger partial charge is 1.00 e. The maximum absolute atomic E-state index is 12.5. The van der Waals surface area contributed by atoms with Crippen LogP contribution in [-0.4, -0.2) is 35.4 Å². The molecular weight excluding hydrogens is 350 g/mol. The zero-order valence-corrected chi connectivity index (χ0v) is 14.3. The van der Waals surface area contributed by atoms with Crippen molar-refractivity contribution in [1.29, 1.82) is 0 Å². The molecule has 98 valence electrons. The molecule has 0 aliphatic rings. The minimum absolute atomic E-state index is 0. The summed E-state index contributed by atoms with van der Waals surface area (Å²) in [5.74, 6) is 0. The van der Waals surface area contributed by atoms with Crippen LogP contribution in [0.5, 0.6) is 0 Å². The minimum atomic E-state index is -3.54. The molecule has 0 aliphatic heterocycles. The number of para-hydroxylation sites is 1. The summed E-state index contributed by atoms with van der Waals surface area (Å²) < 4.78 is 26.2. The summed E-state index contributed by atoms with van der Waals surface area (Å²) in [6, 6.07) is 18.6. The summed E-state index contributed by atoms with van der Waals surface area (Å²) in [6.07, 6.45) is 1.47. The van der Waals surface area contributed by atoms with Crippen LogP contribution in [-0.2, 0) is 10.0 Å². The molecule has 0 bridgehead atoms. The standard InChI is InChI=1S/C14H10NO2S.BrH.Mg/c16-18(17,13-7-2-1-3-8-13)15-11-10-12-6-4-5-9-14(12)15;;/h1-9,11H;1H;/q-1;;+2/p-1. The molecule has 0 spiro atoms. The van der Waals surface area contributed by atoms with E-state index in [2.05, 4.69) is 6.07 Å². The first-order chi connectivity index (χ1) is 8.69. The molecule has 2 aromatic carbocycles. The molecule has 0 radical (unpaired) electrons. The molecule has 0 amide bonds. The van der Waals surface area contributed by atoms with E-state index in [1.165, 1.54) is 10.2 Å². The molecule has 3 nitrogen and oxygen atoms in total. The monoisotopic (exact) mass is 359 g/mol. The molecule has 0 aliphatic carbocycles. The number of aromatic nitrogens is 1. The van der Waals surface area contributed by atoms with Gasteiger partial charge in [-0.15, -0.1) is 6.07 Å². The maximum Gasteiger partial charge on any atom is 2.00 e. The van der Waals surface area contributed by atoms with E-state index in [0.717, 1.165) is 5.39 Å². The van der Waals surface area contributed by atoms with E-state index in [1.54, 1.807) is 36.4 Å². The van der Waals surface area contributed by atoms with E-state index in [9.17, 15) is 8.42 Å². The van der Waals surface area contributed by atoms with Gasteiger partial charge in [-0.2, -0.15) is 17.5 Å². The third kappa shape index (κ3) is 2.93. The summed E-state index contributed by atoms with van der Waals surface area (Å²) >= 11 is 0. The molecule has 0 unspecified atom stereocenters. The van der Waals surface area contributed by atoms with Gasteiger partial charge in [0.1, 0.15) is 0 Å². The zero-order valence-electron chi connectivity index (χ0n) is 10.5. The molecule has 0 N–H and O–H groups in total. The summed E-state index contributed by atoms with van der Waals surface area (Å²) in [5, 5.41) is 0.789. The Labute approximate surface area is 144 Å². The van der Waals surface area contributed by atoms with Gasteiger partial charge in [0.2, 0.25) is 0 Å². The van der Waals surface area contributed by atoms with Crippen LogP contribution in [0.15, 0.2) is 65.7 Å². The fourth-order valence-electron chi connectivity index (χ4n) is 1.89. The van der Waals surface area contributed by atoms with Gasteiger partial charge in [-0.3, -0.25) is 0 Å². The van der Waals surface area contributed by atoms with Crippen LogP contribution in [0.3, 0.4) is 0 Å². The Bertz CT molecular complexity index is 800. The van der Waals surface area contributed by atoms with E-state index in [0.29, 0.717) is 5.52 Å². The number of fused-ring (bicyclic) bond motifs is 1. The van der Waals surface area contributed by atoms with Crippen molar-refractivity contribution in [2.75, 3.05) is 0 Å². The first-order valence-electron chi connectivity index (χ1n) is 5.48. The Kier molecular flexibility index (Phi) is 5.82. The molecule has 0 saturated carbocycles. The number of rotatable bonds is 2. The Morgan fingerprint density at radius 3 is 2.20 bits per heavy atom. The molecule has 20 heavy (non-hydrogen) atoms. The fraction of sp³-hybridized carbons (Fsp3) is 0. The summed E-state index contributed by atoms with van der Waals surface area (Å²) in [5.41, 5.74) is 0.640. The normalized spacial score (nSPS) is 10.6. The molecule has 0 fully saturated rings. The zero-order chi connectivity index (χ0) is 12.6. The molecule has 6 heteroatoms. The number of nitrogens with zero attached hydrogens (tertiary/aromatic N) is 1. The summed E-state index contributed by atoms with van der Waals surface area (Å²) in [4.78, 5) is 0.278. The number of benzene rings is 2. The van der Waals surface area contributed by atoms with Crippen LogP contribution >= 0.6 is 0 Å². The van der Waals surface area contributed by atoms with Gasteiger partial charge in [0, 0.05) is 0 Å². The predicted molar refractivity (Wildman–Crippen MR) is 75.6 cm³/mol. The summed E-state index contributed by atoms with van der Waals surface area (Å²) in [7, 11) is -3.54. The van der Waals surface area contributed by atoms with E-state index < -0.39 is 10.0 Å². The van der Waals surface area contributed by atoms with Crippen molar-refractivity contribution in [3.63, 3.8) is 0 Å². The second-order valence-corrected chi connectivity index (χ2v) is 5.72. The average molecular weight is 361 g/mol. The van der Waals surface area contributed by atoms with Crippen molar-refractivity contribution in [1.82, 2.24) is 3.97 Å². The Morgan fingerprint density at radius 1 is 0.900 bits per heavy atom. The number of hydrogen-bond acceptors (Lipinski definition) is 2. The SMILES string of the molecule is O=S(=O)(c1ccccc1)n1c[c-]c2ccccc21.[Br-].[Mg+2]. The topological polar surface area (TPSA) is 39.1 Å². The average Bonchev–Trinajstić information content (AvgIpc) is 2.84. The second-order valence-electron chi connectivity index (χ2n) is 3.90. The van der Waals surface area contributed by atoms with Crippen LogP contribution in [0.4, 0.5) is 0 Å². The van der Waals surface area contributed by atoms with Crippen molar-refractivity contribution in [2.45, 2.75) is 4.90 Å². The van der Waals surface area contributed by atoms with E-state index in [1.807, 2.05) is 18.2 Å². The van der Waals surface area contributed by atoms with Gasteiger partial charge < -0.3 is 21.0 Å². The first kappa shape index (κ1) is 17.2. The van der Waals surface area contributed by atoms with E-state index >= 15 is 0 Å². The van der Waals surface area contributed by atoms with Crippen LogP contribution in [0.2, 0.25) is 0 Å². The molecule has 3 rings (SSSR count). The first-order valence-corrected chi connectivity index (χ1v) is 6.92.